The average molecular weight is 325 g/mol. The van der Waals surface area contributed by atoms with Crippen LogP contribution >= 0.6 is 0 Å². The number of anilines is 1. The number of ketones is 1. The average Bonchev–Trinajstić information content (AvgIpc) is 2.93. The van der Waals surface area contributed by atoms with Crippen LogP contribution < -0.4 is 14.8 Å². The SMILES string of the molecule is COc1ccc(CC(=O)Cc2ccc3c(c2)CC(=O)N3)cc1OC. The maximum Gasteiger partial charge on any atom is 0.228 e. The van der Waals surface area contributed by atoms with Gasteiger partial charge in [-0.05, 0) is 34.9 Å². The molecule has 5 heteroatoms. The van der Waals surface area contributed by atoms with E-state index in [9.17, 15) is 9.59 Å². The first kappa shape index (κ1) is 16.1. The summed E-state index contributed by atoms with van der Waals surface area (Å²) in [4.78, 5) is 23.7. The number of carbonyl (C=O) groups excluding carboxylic acids is 2. The quantitative estimate of drug-likeness (QED) is 0.886. The van der Waals surface area contributed by atoms with E-state index in [-0.39, 0.29) is 11.7 Å². The van der Waals surface area contributed by atoms with Gasteiger partial charge in [0.2, 0.25) is 5.91 Å². The fraction of sp³-hybridized carbons (Fsp3) is 0.263. The zero-order valence-corrected chi connectivity index (χ0v) is 13.7. The molecule has 0 aliphatic carbocycles. The van der Waals surface area contributed by atoms with Gasteiger partial charge in [-0.3, -0.25) is 9.59 Å². The molecular formula is C19H19NO4. The number of rotatable bonds is 6. The summed E-state index contributed by atoms with van der Waals surface area (Å²) in [5.41, 5.74) is 3.61. The molecule has 0 saturated carbocycles. The Bertz CT molecular complexity index is 798. The molecular weight excluding hydrogens is 306 g/mol. The molecule has 0 saturated heterocycles. The van der Waals surface area contributed by atoms with Crippen LogP contribution in [0.15, 0.2) is 36.4 Å². The molecule has 0 radical (unpaired) electrons. The molecule has 1 aliphatic rings. The predicted octanol–water partition coefficient (Wildman–Crippen LogP) is 2.55. The molecule has 3 rings (SSSR count). The minimum Gasteiger partial charge on any atom is -0.493 e. The van der Waals surface area contributed by atoms with Crippen LogP contribution in [-0.4, -0.2) is 25.9 Å². The molecule has 0 spiro atoms. The minimum atomic E-state index is -0.00111. The number of amides is 1. The van der Waals surface area contributed by atoms with Crippen LogP contribution in [0.4, 0.5) is 5.69 Å². The summed E-state index contributed by atoms with van der Waals surface area (Å²) in [6, 6.07) is 11.2. The number of Topliss-reactive ketones (excluding diaryl/α,β-unsaturated/α-hetero) is 1. The number of fused-ring (bicyclic) bond motifs is 1. The molecule has 0 bridgehead atoms. The number of carbonyl (C=O) groups is 2. The van der Waals surface area contributed by atoms with E-state index in [4.69, 9.17) is 9.47 Å². The van der Waals surface area contributed by atoms with E-state index < -0.39 is 0 Å². The second-order valence-electron chi connectivity index (χ2n) is 5.80. The van der Waals surface area contributed by atoms with Gasteiger partial charge in [-0.1, -0.05) is 18.2 Å². The molecule has 1 aliphatic heterocycles. The molecule has 0 atom stereocenters. The summed E-state index contributed by atoms with van der Waals surface area (Å²) in [5, 5.41) is 2.79. The Hall–Kier alpha value is -2.82. The smallest absolute Gasteiger partial charge is 0.228 e. The first-order chi connectivity index (χ1) is 11.6. The number of ether oxygens (including phenoxy) is 2. The van der Waals surface area contributed by atoms with E-state index in [2.05, 4.69) is 5.32 Å². The van der Waals surface area contributed by atoms with Crippen LogP contribution in [-0.2, 0) is 28.9 Å². The fourth-order valence-corrected chi connectivity index (χ4v) is 2.90. The molecule has 0 unspecified atom stereocenters. The highest BCUT2D eigenvalue weighted by molar-refractivity contribution is 5.99. The summed E-state index contributed by atoms with van der Waals surface area (Å²) in [6.45, 7) is 0. The van der Waals surface area contributed by atoms with Gasteiger partial charge in [-0.2, -0.15) is 0 Å². The van der Waals surface area contributed by atoms with Crippen molar-refractivity contribution >= 4 is 17.4 Å². The standard InChI is InChI=1S/C19H19NO4/c1-23-17-6-4-13(10-18(17)24-2)9-15(21)8-12-3-5-16-14(7-12)11-19(22)20-16/h3-7,10H,8-9,11H2,1-2H3,(H,20,22). The van der Waals surface area contributed by atoms with E-state index in [1.165, 1.54) is 0 Å². The lowest BCUT2D eigenvalue weighted by Gasteiger charge is -2.09. The second kappa shape index (κ2) is 6.74. The molecule has 1 heterocycles. The minimum absolute atomic E-state index is 0.00111. The van der Waals surface area contributed by atoms with Gasteiger partial charge in [0, 0.05) is 18.5 Å². The van der Waals surface area contributed by atoms with Crippen LogP contribution in [0, 0.1) is 0 Å². The first-order valence-corrected chi connectivity index (χ1v) is 7.73. The van der Waals surface area contributed by atoms with Gasteiger partial charge < -0.3 is 14.8 Å². The number of nitrogens with one attached hydrogen (secondary N) is 1. The Morgan fingerprint density at radius 3 is 2.38 bits per heavy atom. The van der Waals surface area contributed by atoms with E-state index in [1.807, 2.05) is 30.3 Å². The maximum atomic E-state index is 12.3. The zero-order chi connectivity index (χ0) is 17.1. The van der Waals surface area contributed by atoms with Crippen LogP contribution in [0.5, 0.6) is 11.5 Å². The highest BCUT2D eigenvalue weighted by atomic mass is 16.5. The van der Waals surface area contributed by atoms with Crippen LogP contribution in [0.3, 0.4) is 0 Å². The monoisotopic (exact) mass is 325 g/mol. The third kappa shape index (κ3) is 3.40. The molecule has 2 aromatic carbocycles. The molecule has 24 heavy (non-hydrogen) atoms. The number of methoxy groups -OCH3 is 2. The number of hydrogen-bond donors (Lipinski definition) is 1. The van der Waals surface area contributed by atoms with Crippen molar-refractivity contribution in [2.45, 2.75) is 19.3 Å². The Morgan fingerprint density at radius 2 is 1.67 bits per heavy atom. The van der Waals surface area contributed by atoms with Crippen LogP contribution in [0.1, 0.15) is 16.7 Å². The molecule has 1 amide bonds. The van der Waals surface area contributed by atoms with Gasteiger partial charge in [0.25, 0.3) is 0 Å². The van der Waals surface area contributed by atoms with Gasteiger partial charge in [-0.15, -0.1) is 0 Å². The third-order valence-corrected chi connectivity index (χ3v) is 4.05. The zero-order valence-electron chi connectivity index (χ0n) is 13.7. The molecule has 0 aromatic heterocycles. The fourth-order valence-electron chi connectivity index (χ4n) is 2.90. The Morgan fingerprint density at radius 1 is 1.00 bits per heavy atom. The number of hydrogen-bond acceptors (Lipinski definition) is 4. The lowest BCUT2D eigenvalue weighted by Crippen LogP contribution is -2.07. The van der Waals surface area contributed by atoms with Crippen molar-refractivity contribution in [2.24, 2.45) is 0 Å². The van der Waals surface area contributed by atoms with Crippen molar-refractivity contribution < 1.29 is 19.1 Å². The predicted molar refractivity (Wildman–Crippen MR) is 90.7 cm³/mol. The summed E-state index contributed by atoms with van der Waals surface area (Å²) < 4.78 is 10.5. The van der Waals surface area contributed by atoms with Gasteiger partial charge in [-0.25, -0.2) is 0 Å². The Balaban J connectivity index is 1.68. The maximum absolute atomic E-state index is 12.3. The van der Waals surface area contributed by atoms with Crippen molar-refractivity contribution in [1.29, 1.82) is 0 Å². The van der Waals surface area contributed by atoms with Gasteiger partial charge in [0.05, 0.1) is 20.6 Å². The summed E-state index contributed by atoms with van der Waals surface area (Å²) >= 11 is 0. The first-order valence-electron chi connectivity index (χ1n) is 7.73. The normalized spacial score (nSPS) is 12.5. The summed E-state index contributed by atoms with van der Waals surface area (Å²) in [7, 11) is 3.15. The van der Waals surface area contributed by atoms with Crippen molar-refractivity contribution in [3.8, 4) is 11.5 Å². The third-order valence-electron chi connectivity index (χ3n) is 4.05. The van der Waals surface area contributed by atoms with Crippen molar-refractivity contribution in [3.63, 3.8) is 0 Å². The molecule has 5 nitrogen and oxygen atoms in total. The Labute approximate surface area is 140 Å². The van der Waals surface area contributed by atoms with Crippen LogP contribution in [0.2, 0.25) is 0 Å². The lowest BCUT2D eigenvalue weighted by molar-refractivity contribution is -0.118. The van der Waals surface area contributed by atoms with Crippen molar-refractivity contribution in [2.75, 3.05) is 19.5 Å². The summed E-state index contributed by atoms with van der Waals surface area (Å²) in [6.07, 6.45) is 1.05. The van der Waals surface area contributed by atoms with E-state index in [0.29, 0.717) is 30.8 Å². The van der Waals surface area contributed by atoms with Crippen LogP contribution in [0.25, 0.3) is 0 Å². The molecule has 2 aromatic rings. The van der Waals surface area contributed by atoms with Crippen molar-refractivity contribution in [1.82, 2.24) is 0 Å². The van der Waals surface area contributed by atoms with Gasteiger partial charge in [0.1, 0.15) is 5.78 Å². The highest BCUT2D eigenvalue weighted by Crippen LogP contribution is 2.28. The van der Waals surface area contributed by atoms with E-state index >= 15 is 0 Å². The van der Waals surface area contributed by atoms with E-state index in [1.54, 1.807) is 20.3 Å². The van der Waals surface area contributed by atoms with Crippen molar-refractivity contribution in [3.05, 3.63) is 53.1 Å². The molecule has 0 fully saturated rings. The second-order valence-corrected chi connectivity index (χ2v) is 5.80. The Kier molecular flexibility index (Phi) is 4.51. The molecule has 124 valence electrons. The lowest BCUT2D eigenvalue weighted by atomic mass is 10.00. The van der Waals surface area contributed by atoms with Gasteiger partial charge in [0.15, 0.2) is 11.5 Å². The summed E-state index contributed by atoms with van der Waals surface area (Å²) in [5.74, 6) is 1.37. The highest BCUT2D eigenvalue weighted by Gasteiger charge is 2.18. The molecule has 1 N–H and O–H groups in total. The van der Waals surface area contributed by atoms with E-state index in [0.717, 1.165) is 22.4 Å². The number of benzene rings is 2. The van der Waals surface area contributed by atoms with Gasteiger partial charge >= 0.3 is 0 Å². The topological polar surface area (TPSA) is 64.6 Å². The largest absolute Gasteiger partial charge is 0.493 e.